The first-order valence-corrected chi connectivity index (χ1v) is 8.72. The minimum Gasteiger partial charge on any atom is -0.489 e. The van der Waals surface area contributed by atoms with Crippen molar-refractivity contribution in [1.82, 2.24) is 0 Å². The Labute approximate surface area is 136 Å². The number of hydrogen-bond donors (Lipinski definition) is 1. The number of ether oxygens (including phenoxy) is 2. The van der Waals surface area contributed by atoms with Gasteiger partial charge in [0.2, 0.25) is 0 Å². The van der Waals surface area contributed by atoms with Gasteiger partial charge < -0.3 is 15.2 Å². The molecule has 0 bridgehead atoms. The van der Waals surface area contributed by atoms with Crippen LogP contribution >= 0.6 is 31.9 Å². The molecule has 1 atom stereocenters. The lowest BCUT2D eigenvalue weighted by Crippen LogP contribution is -2.27. The Morgan fingerprint density at radius 2 is 1.85 bits per heavy atom. The number of rotatable bonds is 3. The highest BCUT2D eigenvalue weighted by molar-refractivity contribution is 9.11. The van der Waals surface area contributed by atoms with E-state index in [1.54, 1.807) is 0 Å². The molecule has 1 saturated carbocycles. The fourth-order valence-electron chi connectivity index (χ4n) is 3.29. The summed E-state index contributed by atoms with van der Waals surface area (Å²) in [6.45, 7) is 0.600. The molecule has 1 unspecified atom stereocenters. The fourth-order valence-corrected chi connectivity index (χ4v) is 4.74. The molecule has 1 aromatic rings. The standard InChI is InChI=1S/C15H19Br2NO2/c16-12-7-10(18)8-13(17)14(12)19-9-11-3-6-15(20-11)4-1-2-5-15/h7-8,11H,1-6,9,18H2. The van der Waals surface area contributed by atoms with Gasteiger partial charge in [-0.1, -0.05) is 12.8 Å². The molecule has 1 aliphatic carbocycles. The summed E-state index contributed by atoms with van der Waals surface area (Å²) in [6.07, 6.45) is 7.56. The molecule has 1 heterocycles. The largest absolute Gasteiger partial charge is 0.489 e. The van der Waals surface area contributed by atoms with E-state index in [4.69, 9.17) is 15.2 Å². The van der Waals surface area contributed by atoms with Gasteiger partial charge in [0.15, 0.2) is 0 Å². The van der Waals surface area contributed by atoms with Crippen molar-refractivity contribution in [1.29, 1.82) is 0 Å². The zero-order valence-corrected chi connectivity index (χ0v) is 14.5. The number of nitrogen functional groups attached to an aromatic ring is 1. The highest BCUT2D eigenvalue weighted by Crippen LogP contribution is 2.43. The van der Waals surface area contributed by atoms with Crippen molar-refractivity contribution in [3.8, 4) is 5.75 Å². The van der Waals surface area contributed by atoms with Crippen LogP contribution in [0.2, 0.25) is 0 Å². The van der Waals surface area contributed by atoms with Crippen LogP contribution in [0.25, 0.3) is 0 Å². The van der Waals surface area contributed by atoms with Crippen molar-refractivity contribution >= 4 is 37.5 Å². The van der Waals surface area contributed by atoms with Crippen molar-refractivity contribution in [2.45, 2.75) is 50.2 Å². The first-order chi connectivity index (χ1) is 9.58. The van der Waals surface area contributed by atoms with Crippen molar-refractivity contribution in [3.05, 3.63) is 21.1 Å². The normalized spacial score (nSPS) is 24.4. The highest BCUT2D eigenvalue weighted by Gasteiger charge is 2.42. The number of anilines is 1. The van der Waals surface area contributed by atoms with Crippen LogP contribution in [-0.2, 0) is 4.74 Å². The summed E-state index contributed by atoms with van der Waals surface area (Å²) in [7, 11) is 0. The fraction of sp³-hybridized carbons (Fsp3) is 0.600. The van der Waals surface area contributed by atoms with Crippen molar-refractivity contribution in [2.75, 3.05) is 12.3 Å². The minimum absolute atomic E-state index is 0.170. The summed E-state index contributed by atoms with van der Waals surface area (Å²) in [5.41, 5.74) is 6.66. The van der Waals surface area contributed by atoms with E-state index in [0.717, 1.165) is 21.1 Å². The van der Waals surface area contributed by atoms with Gasteiger partial charge in [-0.25, -0.2) is 0 Å². The molecule has 1 aliphatic heterocycles. The first-order valence-electron chi connectivity index (χ1n) is 7.13. The number of hydrogen-bond acceptors (Lipinski definition) is 3. The van der Waals surface area contributed by atoms with Gasteiger partial charge in [0.25, 0.3) is 0 Å². The van der Waals surface area contributed by atoms with Gasteiger partial charge in [-0.05, 0) is 69.7 Å². The van der Waals surface area contributed by atoms with E-state index in [1.165, 1.54) is 32.1 Å². The van der Waals surface area contributed by atoms with Gasteiger partial charge in [-0.3, -0.25) is 0 Å². The lowest BCUT2D eigenvalue weighted by atomic mass is 9.98. The van der Waals surface area contributed by atoms with Crippen molar-refractivity contribution in [3.63, 3.8) is 0 Å². The van der Waals surface area contributed by atoms with Crippen LogP contribution in [0.15, 0.2) is 21.1 Å². The Bertz CT molecular complexity index is 478. The van der Waals surface area contributed by atoms with E-state index < -0.39 is 0 Å². The van der Waals surface area contributed by atoms with E-state index in [2.05, 4.69) is 31.9 Å². The predicted octanol–water partition coefficient (Wildman–Crippen LogP) is 4.66. The Hall–Kier alpha value is -0.260. The van der Waals surface area contributed by atoms with Gasteiger partial charge >= 0.3 is 0 Å². The Morgan fingerprint density at radius 1 is 1.20 bits per heavy atom. The maximum absolute atomic E-state index is 6.25. The summed E-state index contributed by atoms with van der Waals surface area (Å²) in [6, 6.07) is 3.71. The van der Waals surface area contributed by atoms with Crippen LogP contribution < -0.4 is 10.5 Å². The van der Waals surface area contributed by atoms with Crippen LogP contribution in [-0.4, -0.2) is 18.3 Å². The highest BCUT2D eigenvalue weighted by atomic mass is 79.9. The molecular weight excluding hydrogens is 386 g/mol. The van der Waals surface area contributed by atoms with Crippen LogP contribution in [0.3, 0.4) is 0 Å². The van der Waals surface area contributed by atoms with Crippen LogP contribution in [0.4, 0.5) is 5.69 Å². The Kier molecular flexibility index (Phi) is 4.29. The zero-order chi connectivity index (χ0) is 14.2. The van der Waals surface area contributed by atoms with E-state index in [1.807, 2.05) is 12.1 Å². The molecule has 1 aromatic carbocycles. The topological polar surface area (TPSA) is 44.5 Å². The second-order valence-electron chi connectivity index (χ2n) is 5.79. The second kappa shape index (κ2) is 5.85. The summed E-state index contributed by atoms with van der Waals surface area (Å²) in [4.78, 5) is 0. The third-order valence-electron chi connectivity index (χ3n) is 4.29. The number of benzene rings is 1. The predicted molar refractivity (Wildman–Crippen MR) is 87.1 cm³/mol. The van der Waals surface area contributed by atoms with E-state index in [9.17, 15) is 0 Å². The van der Waals surface area contributed by atoms with Crippen LogP contribution in [0.5, 0.6) is 5.75 Å². The monoisotopic (exact) mass is 403 g/mol. The average molecular weight is 405 g/mol. The molecule has 5 heteroatoms. The molecule has 3 nitrogen and oxygen atoms in total. The molecule has 110 valence electrons. The van der Waals surface area contributed by atoms with Gasteiger partial charge in [-0.15, -0.1) is 0 Å². The minimum atomic E-state index is 0.170. The van der Waals surface area contributed by atoms with E-state index in [-0.39, 0.29) is 11.7 Å². The summed E-state index contributed by atoms with van der Waals surface area (Å²) < 4.78 is 13.9. The third kappa shape index (κ3) is 3.00. The molecule has 20 heavy (non-hydrogen) atoms. The maximum atomic E-state index is 6.25. The molecule has 2 N–H and O–H groups in total. The van der Waals surface area contributed by atoms with Crippen LogP contribution in [0, 0.1) is 0 Å². The van der Waals surface area contributed by atoms with Gasteiger partial charge in [0.1, 0.15) is 12.4 Å². The number of nitrogens with two attached hydrogens (primary N) is 1. The van der Waals surface area contributed by atoms with Gasteiger partial charge in [-0.2, -0.15) is 0 Å². The lowest BCUT2D eigenvalue weighted by molar-refractivity contribution is -0.0510. The SMILES string of the molecule is Nc1cc(Br)c(OCC2CCC3(CCCC3)O2)c(Br)c1. The van der Waals surface area contributed by atoms with Crippen molar-refractivity contribution in [2.24, 2.45) is 0 Å². The maximum Gasteiger partial charge on any atom is 0.147 e. The van der Waals surface area contributed by atoms with E-state index in [0.29, 0.717) is 12.3 Å². The zero-order valence-electron chi connectivity index (χ0n) is 11.3. The number of halogens is 2. The molecule has 1 spiro atoms. The molecule has 0 amide bonds. The molecule has 0 aromatic heterocycles. The molecular formula is C15H19Br2NO2. The molecule has 3 rings (SSSR count). The molecule has 2 aliphatic rings. The van der Waals surface area contributed by atoms with Crippen molar-refractivity contribution < 1.29 is 9.47 Å². The Balaban J connectivity index is 1.61. The van der Waals surface area contributed by atoms with Gasteiger partial charge in [0.05, 0.1) is 20.7 Å². The van der Waals surface area contributed by atoms with Gasteiger partial charge in [0, 0.05) is 5.69 Å². The smallest absolute Gasteiger partial charge is 0.147 e. The lowest BCUT2D eigenvalue weighted by Gasteiger charge is -2.24. The average Bonchev–Trinajstić information content (AvgIpc) is 2.99. The molecule has 1 saturated heterocycles. The van der Waals surface area contributed by atoms with E-state index >= 15 is 0 Å². The quantitative estimate of drug-likeness (QED) is 0.744. The Morgan fingerprint density at radius 3 is 2.50 bits per heavy atom. The summed E-state index contributed by atoms with van der Waals surface area (Å²) in [5, 5.41) is 0. The first kappa shape index (κ1) is 14.7. The molecule has 2 fully saturated rings. The third-order valence-corrected chi connectivity index (χ3v) is 5.47. The summed E-state index contributed by atoms with van der Waals surface area (Å²) >= 11 is 6.98. The second-order valence-corrected chi connectivity index (χ2v) is 7.50. The van der Waals surface area contributed by atoms with Crippen LogP contribution in [0.1, 0.15) is 38.5 Å². The summed E-state index contributed by atoms with van der Waals surface area (Å²) in [5.74, 6) is 0.801. The molecule has 0 radical (unpaired) electrons.